The molecule has 0 aliphatic carbocycles. The third kappa shape index (κ3) is 5.41. The number of nitrogens with zero attached hydrogens (tertiary/aromatic N) is 2. The third-order valence-electron chi connectivity index (χ3n) is 5.50. The second-order valence-electron chi connectivity index (χ2n) is 7.98. The van der Waals surface area contributed by atoms with E-state index >= 15 is 0 Å². The monoisotopic (exact) mass is 604 g/mol. The molecule has 4 rings (SSSR count). The molecule has 11 heteroatoms. The Morgan fingerprint density at radius 1 is 1.24 bits per heavy atom. The molecule has 0 bridgehead atoms. The molecule has 0 fully saturated rings. The highest BCUT2D eigenvalue weighted by molar-refractivity contribution is 9.10. The smallest absolute Gasteiger partial charge is 0.338 e. The lowest BCUT2D eigenvalue weighted by Gasteiger charge is -2.24. The number of aromatic nitrogens is 1. The molecule has 2 heterocycles. The molecule has 2 aromatic carbocycles. The first kappa shape index (κ1) is 26.8. The summed E-state index contributed by atoms with van der Waals surface area (Å²) in [6, 6.07) is 9.61. The summed E-state index contributed by atoms with van der Waals surface area (Å²) in [5.41, 5.74) is 1.77. The Morgan fingerprint density at radius 2 is 1.95 bits per heavy atom. The van der Waals surface area contributed by atoms with Crippen molar-refractivity contribution in [1.29, 1.82) is 0 Å². The van der Waals surface area contributed by atoms with Crippen LogP contribution in [-0.4, -0.2) is 30.2 Å². The number of fused-ring (bicyclic) bond motifs is 1. The van der Waals surface area contributed by atoms with Crippen LogP contribution in [0, 0.1) is 0 Å². The van der Waals surface area contributed by atoms with Gasteiger partial charge in [-0.2, -0.15) is 0 Å². The average molecular weight is 606 g/mol. The second-order valence-corrected chi connectivity index (χ2v) is 10.3. The van der Waals surface area contributed by atoms with E-state index in [9.17, 15) is 14.4 Å². The fourth-order valence-corrected chi connectivity index (χ4v) is 5.68. The minimum absolute atomic E-state index is 0.188. The molecule has 1 aromatic heterocycles. The van der Waals surface area contributed by atoms with Gasteiger partial charge >= 0.3 is 11.9 Å². The van der Waals surface area contributed by atoms with E-state index in [1.54, 1.807) is 56.3 Å². The molecule has 37 heavy (non-hydrogen) atoms. The van der Waals surface area contributed by atoms with Crippen LogP contribution in [-0.2, 0) is 14.3 Å². The van der Waals surface area contributed by atoms with Crippen LogP contribution in [0.2, 0.25) is 5.02 Å². The van der Waals surface area contributed by atoms with Crippen molar-refractivity contribution in [3.63, 3.8) is 0 Å². The Bertz CT molecular complexity index is 1610. The fraction of sp³-hybridized carbons (Fsp3) is 0.231. The molecular formula is C26H22BrClN2O6S. The lowest BCUT2D eigenvalue weighted by molar-refractivity contribution is -0.139. The van der Waals surface area contributed by atoms with Crippen molar-refractivity contribution >= 4 is 56.9 Å². The predicted molar refractivity (Wildman–Crippen MR) is 144 cm³/mol. The maximum atomic E-state index is 13.7. The number of halogens is 2. The van der Waals surface area contributed by atoms with Crippen molar-refractivity contribution in [3.05, 3.63) is 88.0 Å². The SMILES string of the molecule is CCOC(=O)C1=C(C)N=c2sc(=Cc3cc(Br)c(OC(C)=O)c(OC)c3)c(=O)n2C1c1ccc(Cl)cc1. The lowest BCUT2D eigenvalue weighted by atomic mass is 9.96. The second kappa shape index (κ2) is 11.0. The highest BCUT2D eigenvalue weighted by Gasteiger charge is 2.33. The molecule has 8 nitrogen and oxygen atoms in total. The molecule has 0 amide bonds. The number of carbonyl (C=O) groups is 2. The van der Waals surface area contributed by atoms with Crippen molar-refractivity contribution < 1.29 is 23.8 Å². The number of methoxy groups -OCH3 is 1. The van der Waals surface area contributed by atoms with E-state index in [0.29, 0.717) is 47.0 Å². The fourth-order valence-electron chi connectivity index (χ4n) is 3.97. The van der Waals surface area contributed by atoms with E-state index in [2.05, 4.69) is 20.9 Å². The number of rotatable bonds is 6. The molecule has 1 atom stereocenters. The van der Waals surface area contributed by atoms with Gasteiger partial charge in [-0.25, -0.2) is 9.79 Å². The maximum absolute atomic E-state index is 13.7. The number of benzene rings is 2. The molecule has 3 aromatic rings. The topological polar surface area (TPSA) is 96.2 Å². The Labute approximate surface area is 229 Å². The minimum atomic E-state index is -0.734. The number of allylic oxidation sites excluding steroid dienone is 1. The number of hydrogen-bond donors (Lipinski definition) is 0. The molecule has 0 saturated heterocycles. The lowest BCUT2D eigenvalue weighted by Crippen LogP contribution is -2.39. The normalized spacial score (nSPS) is 15.2. The van der Waals surface area contributed by atoms with Crippen LogP contribution < -0.4 is 24.4 Å². The Balaban J connectivity index is 1.91. The van der Waals surface area contributed by atoms with Crippen molar-refractivity contribution in [2.24, 2.45) is 4.99 Å². The Hall–Kier alpha value is -3.21. The number of hydrogen-bond acceptors (Lipinski definition) is 8. The molecular weight excluding hydrogens is 584 g/mol. The summed E-state index contributed by atoms with van der Waals surface area (Å²) in [5, 5.41) is 0.534. The zero-order chi connectivity index (χ0) is 26.9. The van der Waals surface area contributed by atoms with Gasteiger partial charge in [-0.3, -0.25) is 14.2 Å². The molecule has 0 radical (unpaired) electrons. The van der Waals surface area contributed by atoms with Gasteiger partial charge in [0, 0.05) is 11.9 Å². The first-order chi connectivity index (χ1) is 17.6. The van der Waals surface area contributed by atoms with E-state index in [4.69, 9.17) is 25.8 Å². The van der Waals surface area contributed by atoms with Gasteiger partial charge in [0.15, 0.2) is 16.3 Å². The highest BCUT2D eigenvalue weighted by atomic mass is 79.9. The zero-order valence-electron chi connectivity index (χ0n) is 20.3. The van der Waals surface area contributed by atoms with Gasteiger partial charge in [0.25, 0.3) is 5.56 Å². The maximum Gasteiger partial charge on any atom is 0.338 e. The molecule has 1 aliphatic rings. The van der Waals surface area contributed by atoms with Crippen LogP contribution in [0.25, 0.3) is 6.08 Å². The number of thiazole rings is 1. The number of ether oxygens (including phenoxy) is 3. The first-order valence-corrected chi connectivity index (χ1v) is 13.1. The summed E-state index contributed by atoms with van der Waals surface area (Å²) in [7, 11) is 1.46. The quantitative estimate of drug-likeness (QED) is 0.310. The highest BCUT2D eigenvalue weighted by Crippen LogP contribution is 2.37. The van der Waals surface area contributed by atoms with Crippen molar-refractivity contribution in [1.82, 2.24) is 4.57 Å². The summed E-state index contributed by atoms with van der Waals surface area (Å²) in [6.07, 6.45) is 1.69. The van der Waals surface area contributed by atoms with Gasteiger partial charge in [0.1, 0.15) is 0 Å². The molecule has 0 N–H and O–H groups in total. The van der Waals surface area contributed by atoms with Crippen molar-refractivity contribution in [2.75, 3.05) is 13.7 Å². The molecule has 1 unspecified atom stereocenters. The third-order valence-corrected chi connectivity index (χ3v) is 7.32. The van der Waals surface area contributed by atoms with Gasteiger partial charge in [-0.05, 0) is 71.2 Å². The van der Waals surface area contributed by atoms with Crippen LogP contribution in [0.4, 0.5) is 0 Å². The molecule has 0 spiro atoms. The van der Waals surface area contributed by atoms with E-state index < -0.39 is 18.0 Å². The van der Waals surface area contributed by atoms with Crippen LogP contribution >= 0.6 is 38.9 Å². The summed E-state index contributed by atoms with van der Waals surface area (Å²) < 4.78 is 18.3. The number of esters is 2. The summed E-state index contributed by atoms with van der Waals surface area (Å²) in [5.74, 6) is -0.461. The van der Waals surface area contributed by atoms with Crippen LogP contribution in [0.15, 0.2) is 61.9 Å². The number of carbonyl (C=O) groups excluding carboxylic acids is 2. The van der Waals surface area contributed by atoms with Crippen LogP contribution in [0.3, 0.4) is 0 Å². The van der Waals surface area contributed by atoms with E-state index in [1.165, 1.54) is 29.9 Å². The molecule has 0 saturated carbocycles. The van der Waals surface area contributed by atoms with E-state index in [0.717, 1.165) is 0 Å². The first-order valence-electron chi connectivity index (χ1n) is 11.2. The molecule has 1 aliphatic heterocycles. The van der Waals surface area contributed by atoms with E-state index in [1.807, 2.05) is 0 Å². The van der Waals surface area contributed by atoms with E-state index in [-0.39, 0.29) is 17.9 Å². The summed E-state index contributed by atoms with van der Waals surface area (Å²) in [4.78, 5) is 43.2. The van der Waals surface area contributed by atoms with Gasteiger partial charge < -0.3 is 14.2 Å². The minimum Gasteiger partial charge on any atom is -0.493 e. The summed E-state index contributed by atoms with van der Waals surface area (Å²) >= 11 is 10.7. The van der Waals surface area contributed by atoms with Crippen molar-refractivity contribution in [2.45, 2.75) is 26.8 Å². The Kier molecular flexibility index (Phi) is 8.01. The summed E-state index contributed by atoms with van der Waals surface area (Å²) in [6.45, 7) is 4.93. The average Bonchev–Trinajstić information content (AvgIpc) is 3.14. The predicted octanol–water partition coefficient (Wildman–Crippen LogP) is 4.15. The van der Waals surface area contributed by atoms with Gasteiger partial charge in [-0.15, -0.1) is 0 Å². The van der Waals surface area contributed by atoms with Crippen LogP contribution in [0.5, 0.6) is 11.5 Å². The largest absolute Gasteiger partial charge is 0.493 e. The zero-order valence-corrected chi connectivity index (χ0v) is 23.5. The standard InChI is InChI=1S/C26H22BrClN2O6S/c1-5-35-25(33)21-13(2)29-26-30(22(21)16-6-8-17(28)9-7-16)24(32)20(37-26)12-15-10-18(27)23(36-14(3)31)19(11-15)34-4/h6-12,22H,5H2,1-4H3. The van der Waals surface area contributed by atoms with Gasteiger partial charge in [-0.1, -0.05) is 35.1 Å². The van der Waals surface area contributed by atoms with Crippen LogP contribution in [0.1, 0.15) is 37.9 Å². The van der Waals surface area contributed by atoms with Gasteiger partial charge in [0.05, 0.1) is 40.0 Å². The van der Waals surface area contributed by atoms with Crippen molar-refractivity contribution in [3.8, 4) is 11.5 Å². The Morgan fingerprint density at radius 3 is 2.57 bits per heavy atom. The van der Waals surface area contributed by atoms with Gasteiger partial charge in [0.2, 0.25) is 0 Å². The molecule has 192 valence electrons.